The molecule has 0 bridgehead atoms. The van der Waals surface area contributed by atoms with Crippen molar-refractivity contribution in [1.29, 1.82) is 0 Å². The molecule has 0 rings (SSSR count). The number of carbonyl (C=O) groups excluding carboxylic acids is 5. The molecule has 0 aliphatic heterocycles. The topological polar surface area (TPSA) is 263 Å². The van der Waals surface area contributed by atoms with Crippen LogP contribution in [0.15, 0.2) is 0 Å². The number of nitrogens with two attached hydrogens (primary N) is 4. The van der Waals surface area contributed by atoms with Crippen LogP contribution in [0.2, 0.25) is 0 Å². The normalized spacial score (nSPS) is 15.2. The van der Waals surface area contributed by atoms with Gasteiger partial charge in [0.25, 0.3) is 0 Å². The Hall–Kier alpha value is -3.26. The van der Waals surface area contributed by atoms with E-state index < -0.39 is 78.4 Å². The van der Waals surface area contributed by atoms with Gasteiger partial charge in [-0.2, -0.15) is 0 Å². The molecule has 194 valence electrons. The van der Waals surface area contributed by atoms with Crippen LogP contribution < -0.4 is 38.9 Å². The Morgan fingerprint density at radius 2 is 1.35 bits per heavy atom. The molecule has 0 fully saturated rings. The molecule has 0 aromatic rings. The maximum Gasteiger partial charge on any atom is 0.326 e. The third-order valence-electron chi connectivity index (χ3n) is 5.15. The highest BCUT2D eigenvalue weighted by Crippen LogP contribution is 2.09. The fourth-order valence-corrected chi connectivity index (χ4v) is 2.97. The number of amides is 5. The van der Waals surface area contributed by atoms with Crippen LogP contribution in [-0.2, 0) is 28.8 Å². The Morgan fingerprint density at radius 1 is 0.824 bits per heavy atom. The lowest BCUT2D eigenvalue weighted by Gasteiger charge is -2.26. The van der Waals surface area contributed by atoms with E-state index in [-0.39, 0.29) is 6.42 Å². The van der Waals surface area contributed by atoms with Crippen molar-refractivity contribution in [3.05, 3.63) is 0 Å². The molecule has 5 unspecified atom stereocenters. The van der Waals surface area contributed by atoms with E-state index in [9.17, 15) is 33.9 Å². The highest BCUT2D eigenvalue weighted by Gasteiger charge is 2.32. The van der Waals surface area contributed by atoms with Gasteiger partial charge in [0.1, 0.15) is 18.1 Å². The first kappa shape index (κ1) is 30.7. The molecule has 14 heteroatoms. The lowest BCUT2D eigenvalue weighted by molar-refractivity contribution is -0.144. The maximum absolute atomic E-state index is 12.9. The van der Waals surface area contributed by atoms with Gasteiger partial charge in [-0.15, -0.1) is 0 Å². The molecule has 0 saturated carbocycles. The van der Waals surface area contributed by atoms with Crippen molar-refractivity contribution in [2.24, 2.45) is 28.9 Å². The number of carbonyl (C=O) groups is 6. The Kier molecular flexibility index (Phi) is 14.1. The van der Waals surface area contributed by atoms with Gasteiger partial charge in [0.05, 0.1) is 18.9 Å². The summed E-state index contributed by atoms with van der Waals surface area (Å²) < 4.78 is 0. The molecule has 0 radical (unpaired) electrons. The molecule has 0 heterocycles. The van der Waals surface area contributed by atoms with E-state index in [1.807, 2.05) is 0 Å². The maximum atomic E-state index is 12.9. The molecule has 0 saturated heterocycles. The van der Waals surface area contributed by atoms with E-state index in [0.717, 1.165) is 0 Å². The van der Waals surface area contributed by atoms with Crippen LogP contribution >= 0.6 is 0 Å². The number of carboxylic acids is 1. The molecular formula is C20H37N7O7. The Bertz CT molecular complexity index is 747. The Morgan fingerprint density at radius 3 is 1.82 bits per heavy atom. The molecular weight excluding hydrogens is 450 g/mol. The third-order valence-corrected chi connectivity index (χ3v) is 5.15. The molecule has 12 N–H and O–H groups in total. The standard InChI is InChI=1S/C20H37N7O7/c1-3-10(2)16(20(33)34)27-19(32)13(9-15(24)29)26-18(31)12(6-4-5-7-21)25-17(30)11(22)8-14(23)28/h10-13,16H,3-9,21-22H2,1-2H3,(H2,23,28)(H2,24,29)(H,25,30)(H,26,31)(H,27,32)(H,33,34). The summed E-state index contributed by atoms with van der Waals surface area (Å²) in [5.41, 5.74) is 21.3. The van der Waals surface area contributed by atoms with Crippen LogP contribution in [0.3, 0.4) is 0 Å². The van der Waals surface area contributed by atoms with Gasteiger partial charge < -0.3 is 44.0 Å². The minimum Gasteiger partial charge on any atom is -0.480 e. The van der Waals surface area contributed by atoms with Crippen LogP contribution in [0, 0.1) is 5.92 Å². The molecule has 5 atom stereocenters. The SMILES string of the molecule is CCC(C)C(NC(=O)C(CC(N)=O)NC(=O)C(CCCCN)NC(=O)C(N)CC(N)=O)C(=O)O. The minimum absolute atomic E-state index is 0.119. The average Bonchev–Trinajstić information content (AvgIpc) is 2.74. The van der Waals surface area contributed by atoms with Gasteiger partial charge in [-0.1, -0.05) is 20.3 Å². The molecule has 34 heavy (non-hydrogen) atoms. The van der Waals surface area contributed by atoms with Crippen LogP contribution in [0.5, 0.6) is 0 Å². The summed E-state index contributed by atoms with van der Waals surface area (Å²) in [6.07, 6.45) is 0.491. The number of hydrogen-bond donors (Lipinski definition) is 8. The van der Waals surface area contributed by atoms with Gasteiger partial charge in [0, 0.05) is 0 Å². The van der Waals surface area contributed by atoms with Gasteiger partial charge >= 0.3 is 5.97 Å². The molecule has 0 spiro atoms. The van der Waals surface area contributed by atoms with E-state index in [4.69, 9.17) is 22.9 Å². The second kappa shape index (κ2) is 15.6. The minimum atomic E-state index is -1.48. The largest absolute Gasteiger partial charge is 0.480 e. The summed E-state index contributed by atoms with van der Waals surface area (Å²) in [4.78, 5) is 71.9. The molecule has 5 amide bonds. The number of carboxylic acid groups (broad SMARTS) is 1. The van der Waals surface area contributed by atoms with Gasteiger partial charge in [0.2, 0.25) is 29.5 Å². The van der Waals surface area contributed by atoms with E-state index in [1.54, 1.807) is 13.8 Å². The van der Waals surface area contributed by atoms with E-state index in [1.165, 1.54) is 0 Å². The lowest BCUT2D eigenvalue weighted by atomic mass is 9.98. The van der Waals surface area contributed by atoms with Crippen molar-refractivity contribution in [2.45, 2.75) is 76.5 Å². The van der Waals surface area contributed by atoms with Crippen molar-refractivity contribution in [1.82, 2.24) is 16.0 Å². The molecule has 0 aliphatic rings. The summed E-state index contributed by atoms with van der Waals surface area (Å²) in [6, 6.07) is -5.20. The van der Waals surface area contributed by atoms with Crippen molar-refractivity contribution in [2.75, 3.05) is 6.54 Å². The van der Waals surface area contributed by atoms with Crippen LogP contribution in [0.25, 0.3) is 0 Å². The number of hydrogen-bond acceptors (Lipinski definition) is 8. The first-order chi connectivity index (χ1) is 15.8. The molecule has 0 aromatic carbocycles. The van der Waals surface area contributed by atoms with Crippen molar-refractivity contribution in [3.63, 3.8) is 0 Å². The summed E-state index contributed by atoms with van der Waals surface area (Å²) in [5.74, 6) is -5.98. The van der Waals surface area contributed by atoms with Gasteiger partial charge in [0.15, 0.2) is 0 Å². The van der Waals surface area contributed by atoms with Crippen molar-refractivity contribution in [3.8, 4) is 0 Å². The first-order valence-corrected chi connectivity index (χ1v) is 11.0. The van der Waals surface area contributed by atoms with E-state index in [2.05, 4.69) is 16.0 Å². The fraction of sp³-hybridized carbons (Fsp3) is 0.700. The zero-order valence-electron chi connectivity index (χ0n) is 19.5. The van der Waals surface area contributed by atoms with E-state index in [0.29, 0.717) is 25.8 Å². The van der Waals surface area contributed by atoms with Gasteiger partial charge in [-0.3, -0.25) is 24.0 Å². The Balaban J connectivity index is 5.58. The second-order valence-corrected chi connectivity index (χ2v) is 8.06. The Labute approximate surface area is 197 Å². The summed E-state index contributed by atoms with van der Waals surface area (Å²) in [7, 11) is 0. The number of unbranched alkanes of at least 4 members (excludes halogenated alkanes) is 1. The number of aliphatic carboxylic acids is 1. The molecule has 14 nitrogen and oxygen atoms in total. The van der Waals surface area contributed by atoms with Crippen LogP contribution in [0.4, 0.5) is 0 Å². The number of primary amides is 2. The first-order valence-electron chi connectivity index (χ1n) is 11.0. The second-order valence-electron chi connectivity index (χ2n) is 8.06. The zero-order chi connectivity index (χ0) is 26.4. The monoisotopic (exact) mass is 487 g/mol. The van der Waals surface area contributed by atoms with Crippen LogP contribution in [-0.4, -0.2) is 71.3 Å². The van der Waals surface area contributed by atoms with E-state index >= 15 is 0 Å². The molecule has 0 aromatic heterocycles. The highest BCUT2D eigenvalue weighted by atomic mass is 16.4. The summed E-state index contributed by atoms with van der Waals surface area (Å²) in [5, 5.41) is 16.4. The van der Waals surface area contributed by atoms with Crippen LogP contribution in [0.1, 0.15) is 52.4 Å². The predicted molar refractivity (Wildman–Crippen MR) is 121 cm³/mol. The summed E-state index contributed by atoms with van der Waals surface area (Å²) >= 11 is 0. The van der Waals surface area contributed by atoms with Crippen molar-refractivity contribution < 1.29 is 33.9 Å². The third kappa shape index (κ3) is 11.6. The zero-order valence-corrected chi connectivity index (χ0v) is 19.5. The van der Waals surface area contributed by atoms with Gasteiger partial charge in [-0.05, 0) is 31.7 Å². The number of rotatable bonds is 17. The molecule has 0 aliphatic carbocycles. The number of nitrogens with one attached hydrogen (secondary N) is 3. The van der Waals surface area contributed by atoms with Gasteiger partial charge in [-0.25, -0.2) is 4.79 Å². The van der Waals surface area contributed by atoms with Crippen molar-refractivity contribution >= 4 is 35.5 Å². The lowest BCUT2D eigenvalue weighted by Crippen LogP contribution is -2.58. The summed E-state index contributed by atoms with van der Waals surface area (Å²) in [6.45, 7) is 3.70. The predicted octanol–water partition coefficient (Wildman–Crippen LogP) is -3.22. The average molecular weight is 488 g/mol. The fourth-order valence-electron chi connectivity index (χ4n) is 2.97. The smallest absolute Gasteiger partial charge is 0.326 e. The quantitative estimate of drug-likeness (QED) is 0.0957. The highest BCUT2D eigenvalue weighted by molar-refractivity contribution is 5.96.